The van der Waals surface area contributed by atoms with E-state index in [0.717, 1.165) is 10.8 Å². The van der Waals surface area contributed by atoms with E-state index in [1.807, 2.05) is 0 Å². The maximum atomic E-state index is 13.1. The van der Waals surface area contributed by atoms with Gasteiger partial charge in [0.25, 0.3) is 5.91 Å². The first kappa shape index (κ1) is 16.0. The van der Waals surface area contributed by atoms with E-state index < -0.39 is 29.9 Å². The van der Waals surface area contributed by atoms with Crippen molar-refractivity contribution in [1.82, 2.24) is 14.9 Å². The molecule has 0 aliphatic rings. The van der Waals surface area contributed by atoms with Crippen molar-refractivity contribution < 1.29 is 23.1 Å². The molecule has 0 aliphatic carbocycles. The smallest absolute Gasteiger partial charge is 0.374 e. The Balaban J connectivity index is 2.89. The molecule has 0 spiro atoms. The van der Waals surface area contributed by atoms with Crippen molar-refractivity contribution in [3.05, 3.63) is 18.2 Å². The molecule has 110 valence electrons. The summed E-state index contributed by atoms with van der Waals surface area (Å²) in [6.45, 7) is 1.05. The lowest BCUT2D eigenvalue weighted by Crippen LogP contribution is -2.46. The van der Waals surface area contributed by atoms with E-state index in [2.05, 4.69) is 22.1 Å². The SMILES string of the molecule is CC#CC(=O)NCCC(O)(c1nccn1C)C(F)(F)F. The van der Waals surface area contributed by atoms with E-state index in [-0.39, 0.29) is 6.54 Å². The minimum Gasteiger partial charge on any atom is -0.374 e. The van der Waals surface area contributed by atoms with Crippen LogP contribution in [0.3, 0.4) is 0 Å². The quantitative estimate of drug-likeness (QED) is 0.802. The molecule has 8 heteroatoms. The van der Waals surface area contributed by atoms with Crippen LogP contribution in [-0.4, -0.2) is 33.3 Å². The van der Waals surface area contributed by atoms with Gasteiger partial charge in [0.15, 0.2) is 0 Å². The summed E-state index contributed by atoms with van der Waals surface area (Å²) < 4.78 is 40.3. The first-order valence-corrected chi connectivity index (χ1v) is 5.70. The van der Waals surface area contributed by atoms with Crippen LogP contribution in [0.25, 0.3) is 0 Å². The first-order chi connectivity index (χ1) is 9.22. The molecule has 20 heavy (non-hydrogen) atoms. The van der Waals surface area contributed by atoms with Gasteiger partial charge in [0.05, 0.1) is 0 Å². The van der Waals surface area contributed by atoms with Gasteiger partial charge in [-0.15, -0.1) is 0 Å². The second-order valence-corrected chi connectivity index (χ2v) is 4.10. The summed E-state index contributed by atoms with van der Waals surface area (Å²) in [5, 5.41) is 12.1. The molecule has 1 rings (SSSR count). The van der Waals surface area contributed by atoms with Gasteiger partial charge in [-0.1, -0.05) is 5.92 Å². The zero-order valence-electron chi connectivity index (χ0n) is 11.0. The van der Waals surface area contributed by atoms with E-state index in [1.165, 1.54) is 20.2 Å². The molecule has 0 aliphatic heterocycles. The molecular weight excluding hydrogens is 275 g/mol. The third-order valence-corrected chi connectivity index (χ3v) is 2.67. The molecule has 1 amide bonds. The fourth-order valence-corrected chi connectivity index (χ4v) is 1.66. The number of carbonyl (C=O) groups is 1. The molecule has 0 saturated carbocycles. The second-order valence-electron chi connectivity index (χ2n) is 4.10. The minimum atomic E-state index is -4.91. The number of hydrogen-bond donors (Lipinski definition) is 2. The summed E-state index contributed by atoms with van der Waals surface area (Å²) >= 11 is 0. The Morgan fingerprint density at radius 2 is 2.20 bits per heavy atom. The van der Waals surface area contributed by atoms with E-state index in [9.17, 15) is 23.1 Å². The van der Waals surface area contributed by atoms with Crippen molar-refractivity contribution in [3.8, 4) is 11.8 Å². The van der Waals surface area contributed by atoms with Gasteiger partial charge in [-0.05, 0) is 12.8 Å². The van der Waals surface area contributed by atoms with Crippen LogP contribution in [0.4, 0.5) is 13.2 Å². The Morgan fingerprint density at radius 1 is 1.55 bits per heavy atom. The molecule has 0 saturated heterocycles. The lowest BCUT2D eigenvalue weighted by Gasteiger charge is -2.29. The van der Waals surface area contributed by atoms with Crippen LogP contribution in [0.5, 0.6) is 0 Å². The maximum absolute atomic E-state index is 13.1. The molecule has 0 fully saturated rings. The number of halogens is 3. The van der Waals surface area contributed by atoms with Crippen LogP contribution in [0, 0.1) is 11.8 Å². The Hall–Kier alpha value is -2.01. The number of amides is 1. The van der Waals surface area contributed by atoms with Crippen LogP contribution >= 0.6 is 0 Å². The van der Waals surface area contributed by atoms with Gasteiger partial charge in [-0.25, -0.2) is 4.98 Å². The monoisotopic (exact) mass is 289 g/mol. The topological polar surface area (TPSA) is 67.2 Å². The molecule has 0 aromatic carbocycles. The van der Waals surface area contributed by atoms with Crippen molar-refractivity contribution in [2.45, 2.75) is 25.1 Å². The first-order valence-electron chi connectivity index (χ1n) is 5.70. The second kappa shape index (κ2) is 5.96. The third kappa shape index (κ3) is 3.30. The fourth-order valence-electron chi connectivity index (χ4n) is 1.66. The number of aliphatic hydroxyl groups is 1. The molecule has 2 N–H and O–H groups in total. The van der Waals surface area contributed by atoms with Gasteiger partial charge in [0.2, 0.25) is 5.60 Å². The Bertz CT molecular complexity index is 542. The number of alkyl halides is 3. The van der Waals surface area contributed by atoms with Crippen LogP contribution in [-0.2, 0) is 17.4 Å². The number of carbonyl (C=O) groups excluding carboxylic acids is 1. The molecule has 1 heterocycles. The number of nitrogens with one attached hydrogen (secondary N) is 1. The summed E-state index contributed by atoms with van der Waals surface area (Å²) in [6, 6.07) is 0. The number of rotatable bonds is 4. The van der Waals surface area contributed by atoms with Gasteiger partial charge in [-0.2, -0.15) is 13.2 Å². The van der Waals surface area contributed by atoms with Gasteiger partial charge in [-0.3, -0.25) is 4.79 Å². The molecular formula is C12H14F3N3O2. The van der Waals surface area contributed by atoms with E-state index in [4.69, 9.17) is 0 Å². The van der Waals surface area contributed by atoms with Crippen LogP contribution in [0.15, 0.2) is 12.4 Å². The lowest BCUT2D eigenvalue weighted by atomic mass is 9.97. The average Bonchev–Trinajstić information content (AvgIpc) is 2.74. The Morgan fingerprint density at radius 3 is 2.65 bits per heavy atom. The lowest BCUT2D eigenvalue weighted by molar-refractivity contribution is -0.272. The summed E-state index contributed by atoms with van der Waals surface area (Å²) in [5.41, 5.74) is -3.13. The average molecular weight is 289 g/mol. The minimum absolute atomic E-state index is 0.379. The number of aryl methyl sites for hydroxylation is 1. The van der Waals surface area contributed by atoms with Crippen molar-refractivity contribution in [2.75, 3.05) is 6.54 Å². The highest BCUT2D eigenvalue weighted by Crippen LogP contribution is 2.40. The van der Waals surface area contributed by atoms with Gasteiger partial charge in [0, 0.05) is 32.4 Å². The highest BCUT2D eigenvalue weighted by molar-refractivity contribution is 5.93. The van der Waals surface area contributed by atoms with E-state index in [0.29, 0.717) is 0 Å². The zero-order valence-corrected chi connectivity index (χ0v) is 11.0. The summed E-state index contributed by atoms with van der Waals surface area (Å²) in [6.07, 6.45) is -3.20. The van der Waals surface area contributed by atoms with Gasteiger partial charge in [0.1, 0.15) is 5.82 Å². The van der Waals surface area contributed by atoms with E-state index in [1.54, 1.807) is 0 Å². The van der Waals surface area contributed by atoms with E-state index >= 15 is 0 Å². The van der Waals surface area contributed by atoms with Crippen LogP contribution in [0.2, 0.25) is 0 Å². The zero-order chi connectivity index (χ0) is 15.4. The number of imidazole rings is 1. The van der Waals surface area contributed by atoms with Crippen molar-refractivity contribution in [1.29, 1.82) is 0 Å². The number of hydrogen-bond acceptors (Lipinski definition) is 3. The van der Waals surface area contributed by atoms with Crippen molar-refractivity contribution in [2.24, 2.45) is 7.05 Å². The number of nitrogens with zero attached hydrogens (tertiary/aromatic N) is 2. The summed E-state index contributed by atoms with van der Waals surface area (Å²) in [7, 11) is 1.35. The normalized spacial score (nSPS) is 14.1. The maximum Gasteiger partial charge on any atom is 0.424 e. The van der Waals surface area contributed by atoms with Gasteiger partial charge >= 0.3 is 6.18 Å². The van der Waals surface area contributed by atoms with Crippen LogP contribution in [0.1, 0.15) is 19.2 Å². The third-order valence-electron chi connectivity index (χ3n) is 2.67. The summed E-state index contributed by atoms with van der Waals surface area (Å²) in [5.74, 6) is 3.23. The van der Waals surface area contributed by atoms with Crippen molar-refractivity contribution in [3.63, 3.8) is 0 Å². The standard InChI is InChI=1S/C12H14F3N3O2/c1-3-4-9(19)16-6-5-11(20,12(13,14)15)10-17-7-8-18(10)2/h7-8,20H,5-6H2,1-2H3,(H,16,19). The molecule has 5 nitrogen and oxygen atoms in total. The molecule has 1 unspecified atom stereocenters. The molecule has 1 atom stereocenters. The molecule has 1 aromatic rings. The van der Waals surface area contributed by atoms with Gasteiger partial charge < -0.3 is 15.0 Å². The largest absolute Gasteiger partial charge is 0.424 e. The fraction of sp³-hybridized carbons (Fsp3) is 0.500. The molecule has 0 radical (unpaired) electrons. The molecule has 1 aromatic heterocycles. The van der Waals surface area contributed by atoms with Crippen LogP contribution < -0.4 is 5.32 Å². The summed E-state index contributed by atoms with van der Waals surface area (Å²) in [4.78, 5) is 14.6. The Kier molecular flexibility index (Phi) is 4.78. The predicted octanol–water partition coefficient (Wildman–Crippen LogP) is 0.700. The number of aromatic nitrogens is 2. The van der Waals surface area contributed by atoms with Crippen molar-refractivity contribution >= 4 is 5.91 Å². The predicted molar refractivity (Wildman–Crippen MR) is 64.2 cm³/mol. The Labute approximate surface area is 113 Å². The highest BCUT2D eigenvalue weighted by atomic mass is 19.4. The molecule has 0 bridgehead atoms. The highest BCUT2D eigenvalue weighted by Gasteiger charge is 2.57.